The van der Waals surface area contributed by atoms with Crippen molar-refractivity contribution in [1.82, 2.24) is 14.8 Å². The minimum atomic E-state index is -0.274. The Morgan fingerprint density at radius 2 is 1.77 bits per heavy atom. The van der Waals surface area contributed by atoms with Crippen LogP contribution in [0.25, 0.3) is 0 Å². The zero-order chi connectivity index (χ0) is 27.2. The van der Waals surface area contributed by atoms with E-state index in [4.69, 9.17) is 19.3 Å². The zero-order valence-corrected chi connectivity index (χ0v) is 22.9. The van der Waals surface area contributed by atoms with Crippen LogP contribution in [0.3, 0.4) is 0 Å². The van der Waals surface area contributed by atoms with E-state index in [1.54, 1.807) is 24.1 Å². The number of nitrogens with zero attached hydrogens (tertiary/aromatic N) is 4. The molecule has 1 saturated heterocycles. The van der Waals surface area contributed by atoms with Gasteiger partial charge in [0.05, 0.1) is 39.2 Å². The number of hydrazone groups is 1. The second kappa shape index (κ2) is 12.6. The van der Waals surface area contributed by atoms with Gasteiger partial charge in [-0.25, -0.2) is 5.01 Å². The summed E-state index contributed by atoms with van der Waals surface area (Å²) in [6.45, 7) is 4.37. The molecule has 2 aromatic rings. The van der Waals surface area contributed by atoms with Crippen LogP contribution in [0, 0.1) is 5.92 Å². The highest BCUT2D eigenvalue weighted by Gasteiger charge is 2.36. The van der Waals surface area contributed by atoms with Gasteiger partial charge in [-0.2, -0.15) is 5.10 Å². The molecule has 2 aromatic carbocycles. The Kier molecular flexibility index (Phi) is 8.78. The molecule has 2 aliphatic heterocycles. The van der Waals surface area contributed by atoms with Crippen molar-refractivity contribution in [2.45, 2.75) is 31.7 Å². The van der Waals surface area contributed by atoms with Crippen LogP contribution >= 0.6 is 0 Å². The smallest absolute Gasteiger partial charge is 0.262 e. The summed E-state index contributed by atoms with van der Waals surface area (Å²) in [7, 11) is 3.27. The molecule has 1 atom stereocenters. The Morgan fingerprint density at radius 1 is 1.03 bits per heavy atom. The lowest BCUT2D eigenvalue weighted by molar-refractivity contribution is -0.145. The fraction of sp³-hybridized carbons (Fsp3) is 0.500. The average Bonchev–Trinajstić information content (AvgIpc) is 3.40. The van der Waals surface area contributed by atoms with E-state index in [-0.39, 0.29) is 30.3 Å². The van der Waals surface area contributed by atoms with Crippen LogP contribution in [-0.4, -0.2) is 92.5 Å². The Bertz CT molecular complexity index is 1170. The quantitative estimate of drug-likeness (QED) is 0.465. The number of benzene rings is 2. The maximum Gasteiger partial charge on any atom is 0.262 e. The maximum absolute atomic E-state index is 13.9. The van der Waals surface area contributed by atoms with E-state index in [1.165, 1.54) is 0 Å². The van der Waals surface area contributed by atoms with Crippen LogP contribution in [0.5, 0.6) is 11.5 Å². The van der Waals surface area contributed by atoms with E-state index in [0.29, 0.717) is 26.2 Å². The maximum atomic E-state index is 13.9. The summed E-state index contributed by atoms with van der Waals surface area (Å²) < 4.78 is 16.2. The summed E-state index contributed by atoms with van der Waals surface area (Å²) in [6.07, 6.45) is 3.44. The normalized spacial score (nSPS) is 19.8. The lowest BCUT2D eigenvalue weighted by Gasteiger charge is -2.34. The van der Waals surface area contributed by atoms with Crippen molar-refractivity contribution < 1.29 is 23.8 Å². The van der Waals surface area contributed by atoms with Gasteiger partial charge in [-0.3, -0.25) is 14.5 Å². The molecule has 0 aromatic heterocycles. The van der Waals surface area contributed by atoms with Crippen LogP contribution in [0.4, 0.5) is 0 Å². The SMILES string of the molecule is COc1ccc([C@H]2CC(c3cccc(OC)c3)=NN2C(=O)CN(CCN2CCOCC2)C(=O)C2CCC2)cc1. The minimum absolute atomic E-state index is 0.0151. The molecule has 0 N–H and O–H groups in total. The third kappa shape index (κ3) is 6.42. The fourth-order valence-corrected chi connectivity index (χ4v) is 5.31. The van der Waals surface area contributed by atoms with Gasteiger partial charge >= 0.3 is 0 Å². The first-order chi connectivity index (χ1) is 19.1. The Morgan fingerprint density at radius 3 is 2.44 bits per heavy atom. The van der Waals surface area contributed by atoms with Crippen LogP contribution in [0.1, 0.15) is 42.9 Å². The molecule has 2 heterocycles. The van der Waals surface area contributed by atoms with Crippen molar-refractivity contribution in [2.24, 2.45) is 11.0 Å². The predicted octanol–water partition coefficient (Wildman–Crippen LogP) is 3.34. The van der Waals surface area contributed by atoms with E-state index < -0.39 is 0 Å². The van der Waals surface area contributed by atoms with E-state index >= 15 is 0 Å². The molecule has 2 amide bonds. The number of hydrogen-bond donors (Lipinski definition) is 0. The van der Waals surface area contributed by atoms with Crippen molar-refractivity contribution in [3.8, 4) is 11.5 Å². The number of carbonyl (C=O) groups excluding carboxylic acids is 2. The molecule has 5 rings (SSSR count). The van der Waals surface area contributed by atoms with Crippen molar-refractivity contribution in [2.75, 3.05) is 60.2 Å². The van der Waals surface area contributed by atoms with E-state index in [2.05, 4.69) is 4.90 Å². The third-order valence-electron chi connectivity index (χ3n) is 7.95. The van der Waals surface area contributed by atoms with Crippen molar-refractivity contribution in [3.63, 3.8) is 0 Å². The molecule has 9 heteroatoms. The van der Waals surface area contributed by atoms with E-state index in [9.17, 15) is 9.59 Å². The molecule has 3 aliphatic rings. The monoisotopic (exact) mass is 534 g/mol. The molecule has 1 aliphatic carbocycles. The molecule has 2 fully saturated rings. The molecular formula is C30H38N4O5. The van der Waals surface area contributed by atoms with Gasteiger partial charge in [0.15, 0.2) is 0 Å². The standard InChI is InChI=1S/C30H38N4O5/c1-37-25-11-9-22(10-12-25)28-20-27(24-7-4-8-26(19-24)38-2)31-34(28)29(35)21-33(30(36)23-5-3-6-23)14-13-32-15-17-39-18-16-32/h4,7-12,19,23,28H,3,5-6,13-18,20-21H2,1-2H3/t28-/m1/s1. The number of carbonyl (C=O) groups is 2. The number of hydrogen-bond acceptors (Lipinski definition) is 7. The Hall–Kier alpha value is -3.43. The van der Waals surface area contributed by atoms with Crippen LogP contribution < -0.4 is 9.47 Å². The number of morpholine rings is 1. The number of rotatable bonds is 10. The molecule has 9 nitrogen and oxygen atoms in total. The number of methoxy groups -OCH3 is 2. The minimum Gasteiger partial charge on any atom is -0.497 e. The second-order valence-corrected chi connectivity index (χ2v) is 10.4. The van der Waals surface area contributed by atoms with Crippen molar-refractivity contribution >= 4 is 17.5 Å². The predicted molar refractivity (Wildman–Crippen MR) is 148 cm³/mol. The molecule has 0 bridgehead atoms. The molecule has 0 unspecified atom stereocenters. The highest BCUT2D eigenvalue weighted by atomic mass is 16.5. The zero-order valence-electron chi connectivity index (χ0n) is 22.9. The van der Waals surface area contributed by atoms with Crippen LogP contribution in [-0.2, 0) is 14.3 Å². The van der Waals surface area contributed by atoms with Gasteiger partial charge in [0.2, 0.25) is 5.91 Å². The van der Waals surface area contributed by atoms with E-state index in [0.717, 1.165) is 67.2 Å². The van der Waals surface area contributed by atoms with Gasteiger partial charge in [0.1, 0.15) is 18.0 Å². The summed E-state index contributed by atoms with van der Waals surface area (Å²) in [4.78, 5) is 31.3. The van der Waals surface area contributed by atoms with Gasteiger partial charge in [0, 0.05) is 44.1 Å². The van der Waals surface area contributed by atoms with Gasteiger partial charge in [-0.05, 0) is 42.7 Å². The van der Waals surface area contributed by atoms with Crippen molar-refractivity contribution in [3.05, 3.63) is 59.7 Å². The van der Waals surface area contributed by atoms with Crippen LogP contribution in [0.15, 0.2) is 53.6 Å². The summed E-state index contributed by atoms with van der Waals surface area (Å²) >= 11 is 0. The Labute approximate surface area is 230 Å². The first kappa shape index (κ1) is 27.1. The number of ether oxygens (including phenoxy) is 3. The summed E-state index contributed by atoms with van der Waals surface area (Å²) in [5.74, 6) is 1.42. The first-order valence-electron chi connectivity index (χ1n) is 13.8. The number of amides is 2. The van der Waals surface area contributed by atoms with Gasteiger partial charge in [-0.1, -0.05) is 30.7 Å². The summed E-state index contributed by atoms with van der Waals surface area (Å²) in [6, 6.07) is 15.2. The molecular weight excluding hydrogens is 496 g/mol. The lowest BCUT2D eigenvalue weighted by atomic mass is 9.84. The van der Waals surface area contributed by atoms with E-state index in [1.807, 2.05) is 48.5 Å². The van der Waals surface area contributed by atoms with Crippen molar-refractivity contribution in [1.29, 1.82) is 0 Å². The highest BCUT2D eigenvalue weighted by molar-refractivity contribution is 6.03. The summed E-state index contributed by atoms with van der Waals surface area (Å²) in [5, 5.41) is 6.40. The first-order valence-corrected chi connectivity index (χ1v) is 13.8. The van der Waals surface area contributed by atoms with Gasteiger partial charge in [0.25, 0.3) is 5.91 Å². The van der Waals surface area contributed by atoms with Crippen LogP contribution in [0.2, 0.25) is 0 Å². The highest BCUT2D eigenvalue weighted by Crippen LogP contribution is 2.35. The summed E-state index contributed by atoms with van der Waals surface area (Å²) in [5.41, 5.74) is 2.70. The topological polar surface area (TPSA) is 83.9 Å². The lowest BCUT2D eigenvalue weighted by Crippen LogP contribution is -2.49. The molecule has 0 radical (unpaired) electrons. The molecule has 208 valence electrons. The molecule has 0 spiro atoms. The van der Waals surface area contributed by atoms with Gasteiger partial charge < -0.3 is 19.1 Å². The average molecular weight is 535 g/mol. The molecule has 1 saturated carbocycles. The third-order valence-corrected chi connectivity index (χ3v) is 7.95. The largest absolute Gasteiger partial charge is 0.497 e. The Balaban J connectivity index is 1.38. The molecule has 39 heavy (non-hydrogen) atoms. The second-order valence-electron chi connectivity index (χ2n) is 10.4. The van der Waals surface area contributed by atoms with Gasteiger partial charge in [-0.15, -0.1) is 0 Å². The fourth-order valence-electron chi connectivity index (χ4n) is 5.31.